The van der Waals surface area contributed by atoms with E-state index in [-0.39, 0.29) is 23.0 Å². The highest BCUT2D eigenvalue weighted by molar-refractivity contribution is 8.01. The lowest BCUT2D eigenvalue weighted by Gasteiger charge is -2.21. The monoisotopic (exact) mass is 423 g/mol. The van der Waals surface area contributed by atoms with Crippen LogP contribution in [0.3, 0.4) is 0 Å². The summed E-state index contributed by atoms with van der Waals surface area (Å²) in [5.74, 6) is 0.170. The van der Waals surface area contributed by atoms with E-state index in [9.17, 15) is 14.9 Å². The van der Waals surface area contributed by atoms with Crippen molar-refractivity contribution in [1.29, 1.82) is 0 Å². The molecule has 1 heterocycles. The molecule has 0 aliphatic heterocycles. The van der Waals surface area contributed by atoms with E-state index >= 15 is 0 Å². The fourth-order valence-electron chi connectivity index (χ4n) is 2.97. The number of ether oxygens (including phenoxy) is 1. The van der Waals surface area contributed by atoms with E-state index in [1.54, 1.807) is 0 Å². The number of carbonyl (C=O) groups excluding carboxylic acids is 1. The van der Waals surface area contributed by atoms with E-state index in [1.807, 2.05) is 0 Å². The van der Waals surface area contributed by atoms with Gasteiger partial charge in [0.2, 0.25) is 11.0 Å². The highest BCUT2D eigenvalue weighted by Crippen LogP contribution is 2.31. The summed E-state index contributed by atoms with van der Waals surface area (Å²) in [5.41, 5.74) is 0.144. The van der Waals surface area contributed by atoms with Gasteiger partial charge >= 0.3 is 0 Å². The van der Waals surface area contributed by atoms with Crippen molar-refractivity contribution >= 4 is 45.5 Å². The molecule has 0 radical (unpaired) electrons. The highest BCUT2D eigenvalue weighted by atomic mass is 32.2. The number of aromatic nitrogens is 2. The van der Waals surface area contributed by atoms with Gasteiger partial charge in [0.1, 0.15) is 5.75 Å². The molecule has 1 saturated carbocycles. The lowest BCUT2D eigenvalue weighted by atomic mass is 9.96. The second-order valence-electron chi connectivity index (χ2n) is 6.33. The number of thioether (sulfide) groups is 1. The van der Waals surface area contributed by atoms with Gasteiger partial charge in [-0.3, -0.25) is 14.9 Å². The number of nitrogens with zero attached hydrogens (tertiary/aromatic N) is 3. The van der Waals surface area contributed by atoms with Crippen LogP contribution in [0.4, 0.5) is 16.5 Å². The molecule has 2 aromatic rings. The van der Waals surface area contributed by atoms with Crippen LogP contribution in [0.1, 0.15) is 32.1 Å². The van der Waals surface area contributed by atoms with Gasteiger partial charge in [0.15, 0.2) is 4.34 Å². The molecule has 3 rings (SSSR count). The van der Waals surface area contributed by atoms with Gasteiger partial charge in [0.25, 0.3) is 5.69 Å². The van der Waals surface area contributed by atoms with E-state index in [4.69, 9.17) is 4.74 Å². The number of benzene rings is 1. The number of hydrogen-bond donors (Lipinski definition) is 2. The molecule has 0 unspecified atom stereocenters. The first-order valence-electron chi connectivity index (χ1n) is 8.90. The normalized spacial score (nSPS) is 14.5. The zero-order chi connectivity index (χ0) is 19.9. The third-order valence-corrected chi connectivity index (χ3v) is 6.32. The molecular formula is C17H21N5O4S2. The van der Waals surface area contributed by atoms with Gasteiger partial charge in [0, 0.05) is 18.2 Å². The zero-order valence-electron chi connectivity index (χ0n) is 15.3. The number of non-ortho nitro benzene ring substituents is 1. The fourth-order valence-corrected chi connectivity index (χ4v) is 4.60. The van der Waals surface area contributed by atoms with Crippen molar-refractivity contribution in [3.8, 4) is 5.75 Å². The van der Waals surface area contributed by atoms with E-state index in [1.165, 1.54) is 67.7 Å². The van der Waals surface area contributed by atoms with Crippen molar-refractivity contribution in [2.24, 2.45) is 0 Å². The number of amides is 1. The van der Waals surface area contributed by atoms with Crippen LogP contribution in [0.25, 0.3) is 0 Å². The Morgan fingerprint density at radius 1 is 1.36 bits per heavy atom. The number of hydrogen-bond acceptors (Lipinski definition) is 9. The molecule has 150 valence electrons. The molecule has 9 nitrogen and oxygen atoms in total. The Bertz CT molecular complexity index is 839. The molecule has 1 aromatic heterocycles. The summed E-state index contributed by atoms with van der Waals surface area (Å²) in [4.78, 5) is 22.6. The Balaban J connectivity index is 1.53. The Morgan fingerprint density at radius 2 is 2.14 bits per heavy atom. The number of nitro benzene ring substituents is 1. The molecule has 0 spiro atoms. The van der Waals surface area contributed by atoms with Crippen LogP contribution in [0, 0.1) is 10.1 Å². The summed E-state index contributed by atoms with van der Waals surface area (Å²) in [6.45, 7) is 0. The summed E-state index contributed by atoms with van der Waals surface area (Å²) < 4.78 is 5.84. The lowest BCUT2D eigenvalue weighted by molar-refractivity contribution is -0.384. The molecule has 11 heteroatoms. The summed E-state index contributed by atoms with van der Waals surface area (Å²) in [7, 11) is 1.44. The minimum absolute atomic E-state index is 0.115. The molecule has 2 N–H and O–H groups in total. The number of carbonyl (C=O) groups is 1. The van der Waals surface area contributed by atoms with Crippen LogP contribution in [0.15, 0.2) is 22.5 Å². The number of nitro groups is 1. The van der Waals surface area contributed by atoms with Crippen LogP contribution in [-0.2, 0) is 4.79 Å². The van der Waals surface area contributed by atoms with Crippen molar-refractivity contribution in [1.82, 2.24) is 10.2 Å². The molecule has 1 amide bonds. The van der Waals surface area contributed by atoms with Crippen molar-refractivity contribution in [2.75, 3.05) is 23.5 Å². The lowest BCUT2D eigenvalue weighted by Crippen LogP contribution is -2.21. The van der Waals surface area contributed by atoms with Crippen molar-refractivity contribution in [2.45, 2.75) is 42.5 Å². The van der Waals surface area contributed by atoms with Crippen LogP contribution >= 0.6 is 23.1 Å². The Kier molecular flexibility index (Phi) is 7.04. The zero-order valence-corrected chi connectivity index (χ0v) is 17.0. The van der Waals surface area contributed by atoms with E-state index in [2.05, 4.69) is 20.8 Å². The Hall–Kier alpha value is -2.40. The molecule has 1 aliphatic carbocycles. The molecule has 0 saturated heterocycles. The summed E-state index contributed by atoms with van der Waals surface area (Å²) >= 11 is 2.70. The first-order chi connectivity index (χ1) is 13.5. The Morgan fingerprint density at radius 3 is 2.86 bits per heavy atom. The summed E-state index contributed by atoms with van der Waals surface area (Å²) in [6.07, 6.45) is 6.06. The molecular weight excluding hydrogens is 402 g/mol. The largest absolute Gasteiger partial charge is 0.495 e. The molecule has 0 bridgehead atoms. The van der Waals surface area contributed by atoms with Crippen LogP contribution < -0.4 is 15.4 Å². The smallest absolute Gasteiger partial charge is 0.271 e. The van der Waals surface area contributed by atoms with Crippen LogP contribution in [0.5, 0.6) is 5.75 Å². The molecule has 1 fully saturated rings. The average molecular weight is 424 g/mol. The number of methoxy groups -OCH3 is 1. The van der Waals surface area contributed by atoms with Crippen molar-refractivity contribution in [3.05, 3.63) is 28.3 Å². The predicted molar refractivity (Wildman–Crippen MR) is 109 cm³/mol. The highest BCUT2D eigenvalue weighted by Gasteiger charge is 2.17. The van der Waals surface area contributed by atoms with Gasteiger partial charge < -0.3 is 15.4 Å². The van der Waals surface area contributed by atoms with Gasteiger partial charge in [-0.15, -0.1) is 10.2 Å². The maximum absolute atomic E-state index is 12.2. The second-order valence-corrected chi connectivity index (χ2v) is 8.53. The first-order valence-corrected chi connectivity index (χ1v) is 10.7. The number of nitrogens with one attached hydrogen (secondary N) is 2. The van der Waals surface area contributed by atoms with Gasteiger partial charge in [-0.2, -0.15) is 0 Å². The van der Waals surface area contributed by atoms with E-state index in [0.717, 1.165) is 18.0 Å². The predicted octanol–water partition coefficient (Wildman–Crippen LogP) is 3.93. The topological polar surface area (TPSA) is 119 Å². The van der Waals surface area contributed by atoms with Gasteiger partial charge in [-0.1, -0.05) is 42.4 Å². The van der Waals surface area contributed by atoms with E-state index in [0.29, 0.717) is 16.1 Å². The Labute approximate surface area is 170 Å². The molecule has 1 aromatic carbocycles. The minimum Gasteiger partial charge on any atom is -0.495 e. The number of rotatable bonds is 8. The maximum Gasteiger partial charge on any atom is 0.271 e. The average Bonchev–Trinajstić information content (AvgIpc) is 3.14. The quantitative estimate of drug-likeness (QED) is 0.372. The molecule has 1 aliphatic rings. The first kappa shape index (κ1) is 20.3. The van der Waals surface area contributed by atoms with Gasteiger partial charge in [-0.25, -0.2) is 0 Å². The van der Waals surface area contributed by atoms with Crippen molar-refractivity contribution in [3.63, 3.8) is 0 Å². The van der Waals surface area contributed by atoms with Crippen molar-refractivity contribution < 1.29 is 14.5 Å². The molecule has 0 atom stereocenters. The van der Waals surface area contributed by atoms with Crippen LogP contribution in [-0.4, -0.2) is 39.9 Å². The maximum atomic E-state index is 12.2. The SMILES string of the molecule is COc1ccc([N+](=O)[O-])cc1NC(=O)CSc1nnc(NC2CCCCC2)s1. The number of anilines is 2. The van der Waals surface area contributed by atoms with Gasteiger partial charge in [-0.05, 0) is 18.9 Å². The molecule has 28 heavy (non-hydrogen) atoms. The second kappa shape index (κ2) is 9.69. The van der Waals surface area contributed by atoms with Crippen LogP contribution in [0.2, 0.25) is 0 Å². The minimum atomic E-state index is -0.522. The third kappa shape index (κ3) is 5.55. The fraction of sp³-hybridized carbons (Fsp3) is 0.471. The standard InChI is InChI=1S/C17H21N5O4S2/c1-26-14-8-7-12(22(24)25)9-13(14)19-15(23)10-27-17-21-20-16(28-17)18-11-5-3-2-4-6-11/h7-9,11H,2-6,10H2,1H3,(H,18,20)(H,19,23). The summed E-state index contributed by atoms with van der Waals surface area (Å²) in [6, 6.07) is 4.50. The van der Waals surface area contributed by atoms with Gasteiger partial charge in [0.05, 0.1) is 23.5 Å². The summed E-state index contributed by atoms with van der Waals surface area (Å²) in [5, 5.41) is 26.0. The third-order valence-electron chi connectivity index (χ3n) is 4.33. The van der Waals surface area contributed by atoms with E-state index < -0.39 is 4.92 Å².